The van der Waals surface area contributed by atoms with E-state index in [2.05, 4.69) is 85.8 Å². The molecule has 31 heteroatoms. The number of halogens is 10. The molecule has 109 heavy (non-hydrogen) atoms. The van der Waals surface area contributed by atoms with E-state index in [0.717, 1.165) is 64.9 Å². The molecule has 0 saturated carbocycles. The zero-order valence-electron chi connectivity index (χ0n) is 60.7. The minimum atomic E-state index is -1.15. The van der Waals surface area contributed by atoms with Crippen LogP contribution >= 0.6 is 27.5 Å². The molecule has 1 amide bonds. The number of nitriles is 1. The average Bonchev–Trinajstić information content (AvgIpc) is 1.59. The molecule has 7 N–H and O–H groups in total. The van der Waals surface area contributed by atoms with Gasteiger partial charge in [-0.05, 0) is 103 Å². The molecule has 0 saturated heterocycles. The lowest BCUT2D eigenvalue weighted by Gasteiger charge is -2.29. The fourth-order valence-corrected chi connectivity index (χ4v) is 11.4. The molecule has 10 heterocycles. The largest absolute Gasteiger partial charge is 0.459 e. The van der Waals surface area contributed by atoms with Gasteiger partial charge in [-0.25, -0.2) is 49.5 Å². The Morgan fingerprint density at radius 3 is 1.45 bits per heavy atom. The number of Topliss-reactive ketones (excluding diaryl/α,β-unsaturated/α-hetero) is 1. The molecule has 21 nitrogen and oxygen atoms in total. The Morgan fingerprint density at radius 2 is 1.01 bits per heavy atom. The predicted octanol–water partition coefficient (Wildman–Crippen LogP) is 16.5. The van der Waals surface area contributed by atoms with Gasteiger partial charge in [0.2, 0.25) is 0 Å². The van der Waals surface area contributed by atoms with Crippen molar-refractivity contribution in [2.75, 3.05) is 25.0 Å². The molecule has 0 atom stereocenters. The molecule has 0 unspecified atom stereocenters. The summed E-state index contributed by atoms with van der Waals surface area (Å²) in [6.07, 6.45) is 10.3. The van der Waals surface area contributed by atoms with E-state index in [-0.39, 0.29) is 78.1 Å². The van der Waals surface area contributed by atoms with Gasteiger partial charge in [0.1, 0.15) is 23.3 Å². The molecule has 12 rings (SSSR count). The first-order chi connectivity index (χ1) is 50.0. The van der Waals surface area contributed by atoms with E-state index >= 15 is 0 Å². The third kappa shape index (κ3) is 21.8. The minimum absolute atomic E-state index is 0. The Kier molecular flexibility index (Phi) is 30.2. The van der Waals surface area contributed by atoms with E-state index in [1.54, 1.807) is 67.8 Å². The standard InChI is InChI=1S/C24H22F3N3O3.C17H20FN3O2.C11H14FN3.C11H10FN3.C7H3ClF2O.C6H9BrO3.2CH4/c1-12(2)33-23(32)15-10-30(22(31)13-5-6-16(26)17(27)7-13)11-24(3,4)19-20(15)29-18-8-14(25)9-28-21(18)19;1-9(2)23-16(22)11-7-19-8-17(3,4)13-14(11)21-12-5-10(18)6-20-15(12)13;2*1-11(2,6-13)8-5-14-9-3-7(12)4-15-10(8)9;8-7(11)4-1-2-5(9)6(10)3-4;1-4(2)10-6(9)5(8)3-7;;/h5-10,12,29H,11H2,1-4H3;5-7,9,19,21H,8H2,1-4H3;3-5,14H,6,13H2,1-2H3;3-5,14H,1-2H3;1-3H;4H,3H2,1-2H3;2*1H4. The highest BCUT2D eigenvalue weighted by Crippen LogP contribution is 2.42. The van der Waals surface area contributed by atoms with Crippen molar-refractivity contribution in [1.29, 1.82) is 5.26 Å². The van der Waals surface area contributed by atoms with Crippen molar-refractivity contribution < 1.29 is 78.1 Å². The topological polar surface area (TPSA) is 310 Å². The molecule has 2 aliphatic heterocycles. The summed E-state index contributed by atoms with van der Waals surface area (Å²) >= 11 is 7.85. The Labute approximate surface area is 638 Å². The van der Waals surface area contributed by atoms with Gasteiger partial charge < -0.3 is 50.1 Å². The Hall–Kier alpha value is -10.6. The number of fused-ring (bicyclic) bond motifs is 8. The second-order valence-electron chi connectivity index (χ2n) is 27.8. The number of alkyl halides is 1. The third-order valence-electron chi connectivity index (χ3n) is 16.3. The van der Waals surface area contributed by atoms with Crippen LogP contribution in [0.15, 0.2) is 110 Å². The van der Waals surface area contributed by atoms with Gasteiger partial charge in [0.25, 0.3) is 16.9 Å². The zero-order valence-corrected chi connectivity index (χ0v) is 63.0. The molecule has 8 aromatic heterocycles. The fraction of sp³-hybridized carbons (Fsp3) is 0.346. The van der Waals surface area contributed by atoms with Gasteiger partial charge >= 0.3 is 17.9 Å². The van der Waals surface area contributed by atoms with E-state index in [1.165, 1.54) is 53.8 Å². The van der Waals surface area contributed by atoms with Crippen molar-refractivity contribution in [3.63, 3.8) is 0 Å². The lowest BCUT2D eigenvalue weighted by Crippen LogP contribution is -2.37. The number of H-pyrrole nitrogens is 4. The minimum Gasteiger partial charge on any atom is -0.459 e. The normalized spacial score (nSPS) is 13.3. The molecule has 10 aromatic rings. The number of benzene rings is 2. The highest BCUT2D eigenvalue weighted by atomic mass is 79.9. The quantitative estimate of drug-likeness (QED) is 0.0165. The highest BCUT2D eigenvalue weighted by Gasteiger charge is 2.40. The number of esters is 3. The van der Waals surface area contributed by atoms with Gasteiger partial charge in [-0.15, -0.1) is 0 Å². The maximum Gasteiger partial charge on any atom is 0.375 e. The van der Waals surface area contributed by atoms with E-state index in [1.807, 2.05) is 33.9 Å². The molecule has 582 valence electrons. The molecule has 0 fully saturated rings. The van der Waals surface area contributed by atoms with Crippen LogP contribution in [-0.2, 0) is 55.0 Å². The summed E-state index contributed by atoms with van der Waals surface area (Å²) in [4.78, 5) is 100. The number of aromatic nitrogens is 8. The summed E-state index contributed by atoms with van der Waals surface area (Å²) in [6.45, 7) is 27.1. The van der Waals surface area contributed by atoms with Crippen molar-refractivity contribution >= 4 is 118 Å². The number of carbonyl (C=O) groups is 6. The van der Waals surface area contributed by atoms with Crippen molar-refractivity contribution in [2.45, 2.75) is 152 Å². The first-order valence-corrected chi connectivity index (χ1v) is 34.6. The summed E-state index contributed by atoms with van der Waals surface area (Å²) in [5.74, 6) is -9.01. The maximum absolute atomic E-state index is 13.8. The van der Waals surface area contributed by atoms with Crippen LogP contribution in [0.2, 0.25) is 0 Å². The Bertz CT molecular complexity index is 5110. The number of ether oxygens (including phenoxy) is 3. The second-order valence-corrected chi connectivity index (χ2v) is 28.7. The lowest BCUT2D eigenvalue weighted by molar-refractivity contribution is -0.155. The number of amides is 1. The summed E-state index contributed by atoms with van der Waals surface area (Å²) in [5, 5.41) is 11.4. The van der Waals surface area contributed by atoms with Gasteiger partial charge in [0.05, 0.1) is 127 Å². The van der Waals surface area contributed by atoms with Gasteiger partial charge in [-0.1, -0.05) is 72.3 Å². The number of aromatic amines is 4. The van der Waals surface area contributed by atoms with Crippen LogP contribution in [0.3, 0.4) is 0 Å². The first-order valence-electron chi connectivity index (χ1n) is 33.1. The number of nitrogens with one attached hydrogen (secondary N) is 5. The monoisotopic (exact) mass is 1600 g/mol. The van der Waals surface area contributed by atoms with E-state index in [0.29, 0.717) is 74.2 Å². The number of ketones is 1. The SMILES string of the molecule is C.C.CC(C)(C#N)c1c[nH]c2cc(F)cnc12.CC(C)(CN)c1c[nH]c2cc(F)cnc12.CC(C)OC(=O)C(=O)CBr.CC(C)OC(=O)C1=CN(C(=O)c2ccc(F)c(F)c2)CC(C)(C)c2c1[nH]c1cc(F)cnc21.CC(C)OC(=O)C1=CNCC(C)(C)c2c1[nH]c1cc(F)cnc21.O=C(Cl)c1ccc(F)c(F)c1. The van der Waals surface area contributed by atoms with Gasteiger partial charge in [-0.2, -0.15) is 5.26 Å². The third-order valence-corrected chi connectivity index (χ3v) is 17.0. The van der Waals surface area contributed by atoms with Crippen LogP contribution in [-0.4, -0.2) is 123 Å². The Balaban J connectivity index is 0.000000246. The second kappa shape index (κ2) is 37.0. The first kappa shape index (κ1) is 89.0. The van der Waals surface area contributed by atoms with Crippen LogP contribution in [0.5, 0.6) is 0 Å². The molecular formula is C78H86BrClF8N12O9. The molecule has 2 aliphatic rings. The lowest BCUT2D eigenvalue weighted by atomic mass is 9.83. The number of carbonyl (C=O) groups excluding carboxylic acids is 6. The van der Waals surface area contributed by atoms with Crippen molar-refractivity contribution in [3.8, 4) is 6.07 Å². The van der Waals surface area contributed by atoms with E-state index in [4.69, 9.17) is 32.1 Å². The molecule has 0 spiro atoms. The van der Waals surface area contributed by atoms with E-state index < -0.39 is 86.7 Å². The summed E-state index contributed by atoms with van der Waals surface area (Å²) < 4.78 is 120. The zero-order chi connectivity index (χ0) is 79.5. The van der Waals surface area contributed by atoms with Gasteiger partial charge in [-0.3, -0.25) is 34.3 Å². The summed E-state index contributed by atoms with van der Waals surface area (Å²) in [5.41, 5.74) is 13.4. The van der Waals surface area contributed by atoms with Crippen LogP contribution < -0.4 is 11.1 Å². The molecule has 0 aliphatic carbocycles. The van der Waals surface area contributed by atoms with Crippen LogP contribution in [0.1, 0.15) is 166 Å². The van der Waals surface area contributed by atoms with Crippen LogP contribution in [0.4, 0.5) is 35.1 Å². The predicted molar refractivity (Wildman–Crippen MR) is 405 cm³/mol. The number of nitrogens with two attached hydrogens (primary N) is 1. The summed E-state index contributed by atoms with van der Waals surface area (Å²) in [7, 11) is 0. The summed E-state index contributed by atoms with van der Waals surface area (Å²) in [6, 6.07) is 13.3. The number of pyridine rings is 4. The number of nitrogens with zero attached hydrogens (tertiary/aromatic N) is 6. The molecule has 0 radical (unpaired) electrons. The number of hydrogen-bond donors (Lipinski definition) is 6. The smallest absolute Gasteiger partial charge is 0.375 e. The van der Waals surface area contributed by atoms with Crippen molar-refractivity contribution in [2.24, 2.45) is 5.73 Å². The number of hydrogen-bond acceptors (Lipinski definition) is 16. The average molecular weight is 1600 g/mol. The van der Waals surface area contributed by atoms with Crippen LogP contribution in [0, 0.1) is 57.9 Å². The van der Waals surface area contributed by atoms with E-state index in [9.17, 15) is 63.9 Å². The van der Waals surface area contributed by atoms with Crippen molar-refractivity contribution in [3.05, 3.63) is 202 Å². The number of rotatable bonds is 12. The van der Waals surface area contributed by atoms with Crippen molar-refractivity contribution in [1.82, 2.24) is 50.1 Å². The van der Waals surface area contributed by atoms with Gasteiger partial charge in [0, 0.05) is 118 Å². The van der Waals surface area contributed by atoms with Crippen LogP contribution in [0.25, 0.3) is 55.3 Å². The highest BCUT2D eigenvalue weighted by molar-refractivity contribution is 9.09. The fourth-order valence-electron chi connectivity index (χ4n) is 11.0. The maximum atomic E-state index is 13.8. The molecule has 2 aromatic carbocycles. The molecular weight excluding hydrogens is 1520 g/mol. The Morgan fingerprint density at radius 1 is 0.596 bits per heavy atom. The van der Waals surface area contributed by atoms with Gasteiger partial charge in [0.15, 0.2) is 23.3 Å². The molecule has 0 bridgehead atoms.